The van der Waals surface area contributed by atoms with Gasteiger partial charge in [0.05, 0.1) is 5.56 Å². The Bertz CT molecular complexity index is 713. The minimum atomic E-state index is -0.107. The summed E-state index contributed by atoms with van der Waals surface area (Å²) in [6, 6.07) is 16.0. The van der Waals surface area contributed by atoms with Crippen LogP contribution in [0.4, 0.5) is 11.4 Å². The van der Waals surface area contributed by atoms with Crippen LogP contribution in [0.1, 0.15) is 23.2 Å². The van der Waals surface area contributed by atoms with Gasteiger partial charge in [0.25, 0.3) is 5.91 Å². The van der Waals surface area contributed by atoms with E-state index in [0.29, 0.717) is 11.6 Å². The molecule has 1 saturated heterocycles. The van der Waals surface area contributed by atoms with Crippen LogP contribution in [0.5, 0.6) is 0 Å². The highest BCUT2D eigenvalue weighted by atomic mass is 79.9. The van der Waals surface area contributed by atoms with Gasteiger partial charge in [-0.2, -0.15) is 0 Å². The van der Waals surface area contributed by atoms with Crippen molar-refractivity contribution in [1.82, 2.24) is 5.32 Å². The van der Waals surface area contributed by atoms with Crippen LogP contribution in [0, 0.1) is 0 Å². The SMILES string of the molecule is CN(c1cccc(NC(=O)c2ccccc2Br)c1)C1CCNCC1. The van der Waals surface area contributed by atoms with Crippen LogP contribution in [0.2, 0.25) is 0 Å². The topological polar surface area (TPSA) is 44.4 Å². The predicted octanol–water partition coefficient (Wildman–Crippen LogP) is 3.89. The van der Waals surface area contributed by atoms with Gasteiger partial charge in [-0.05, 0) is 72.2 Å². The minimum absolute atomic E-state index is 0.107. The average Bonchev–Trinajstić information content (AvgIpc) is 2.62. The van der Waals surface area contributed by atoms with Crippen LogP contribution in [0.3, 0.4) is 0 Å². The molecule has 2 aromatic carbocycles. The molecule has 4 nitrogen and oxygen atoms in total. The summed E-state index contributed by atoms with van der Waals surface area (Å²) < 4.78 is 0.797. The van der Waals surface area contributed by atoms with E-state index in [1.54, 1.807) is 0 Å². The van der Waals surface area contributed by atoms with Gasteiger partial charge < -0.3 is 15.5 Å². The van der Waals surface area contributed by atoms with E-state index < -0.39 is 0 Å². The van der Waals surface area contributed by atoms with Crippen LogP contribution in [0.15, 0.2) is 53.0 Å². The lowest BCUT2D eigenvalue weighted by atomic mass is 10.0. The average molecular weight is 388 g/mol. The van der Waals surface area contributed by atoms with Gasteiger partial charge in [-0.25, -0.2) is 0 Å². The molecule has 5 heteroatoms. The molecule has 2 aromatic rings. The zero-order valence-corrected chi connectivity index (χ0v) is 15.3. The summed E-state index contributed by atoms with van der Waals surface area (Å²) in [4.78, 5) is 14.8. The lowest BCUT2D eigenvalue weighted by molar-refractivity contribution is 0.102. The summed E-state index contributed by atoms with van der Waals surface area (Å²) in [6.07, 6.45) is 2.29. The third kappa shape index (κ3) is 3.97. The van der Waals surface area contributed by atoms with E-state index in [1.165, 1.54) is 0 Å². The number of nitrogens with one attached hydrogen (secondary N) is 2. The Morgan fingerprint density at radius 3 is 2.67 bits per heavy atom. The quantitative estimate of drug-likeness (QED) is 0.836. The van der Waals surface area contributed by atoms with Crippen molar-refractivity contribution >= 4 is 33.2 Å². The maximum Gasteiger partial charge on any atom is 0.256 e. The number of piperidine rings is 1. The molecule has 2 N–H and O–H groups in total. The predicted molar refractivity (Wildman–Crippen MR) is 103 cm³/mol. The normalized spacial score (nSPS) is 15.1. The van der Waals surface area contributed by atoms with Gasteiger partial charge in [0.2, 0.25) is 0 Å². The van der Waals surface area contributed by atoms with Crippen molar-refractivity contribution in [1.29, 1.82) is 0 Å². The van der Waals surface area contributed by atoms with Gasteiger partial charge in [0.15, 0.2) is 0 Å². The van der Waals surface area contributed by atoms with Crippen molar-refractivity contribution < 1.29 is 4.79 Å². The summed E-state index contributed by atoms with van der Waals surface area (Å²) in [5, 5.41) is 6.38. The standard InChI is InChI=1S/C19H22BrN3O/c1-23(15-9-11-21-12-10-15)16-6-4-5-14(13-16)22-19(24)17-7-2-3-8-18(17)20/h2-8,13,15,21H,9-12H2,1H3,(H,22,24). The van der Waals surface area contributed by atoms with E-state index in [0.717, 1.165) is 41.8 Å². The maximum atomic E-state index is 12.5. The summed E-state index contributed by atoms with van der Waals surface area (Å²) in [5.41, 5.74) is 2.58. The Balaban J connectivity index is 1.73. The zero-order chi connectivity index (χ0) is 16.9. The number of hydrogen-bond donors (Lipinski definition) is 2. The van der Waals surface area contributed by atoms with Crippen molar-refractivity contribution in [3.05, 3.63) is 58.6 Å². The Labute approximate surface area is 151 Å². The van der Waals surface area contributed by atoms with Crippen molar-refractivity contribution in [2.24, 2.45) is 0 Å². The van der Waals surface area contributed by atoms with Crippen molar-refractivity contribution in [2.45, 2.75) is 18.9 Å². The van der Waals surface area contributed by atoms with E-state index in [1.807, 2.05) is 42.5 Å². The number of rotatable bonds is 4. The highest BCUT2D eigenvalue weighted by Gasteiger charge is 2.18. The largest absolute Gasteiger partial charge is 0.371 e. The molecular weight excluding hydrogens is 366 g/mol. The van der Waals surface area contributed by atoms with Gasteiger partial charge >= 0.3 is 0 Å². The molecule has 1 aliphatic heterocycles. The molecule has 1 amide bonds. The fourth-order valence-electron chi connectivity index (χ4n) is 3.05. The third-order valence-electron chi connectivity index (χ3n) is 4.49. The summed E-state index contributed by atoms with van der Waals surface area (Å²) in [6.45, 7) is 2.13. The summed E-state index contributed by atoms with van der Waals surface area (Å²) >= 11 is 3.43. The number of halogens is 1. The Hall–Kier alpha value is -1.85. The maximum absolute atomic E-state index is 12.5. The molecule has 0 aliphatic carbocycles. The lowest BCUT2D eigenvalue weighted by Crippen LogP contribution is -2.41. The van der Waals surface area contributed by atoms with E-state index in [9.17, 15) is 4.79 Å². The van der Waals surface area contributed by atoms with Gasteiger partial charge in [-0.1, -0.05) is 18.2 Å². The molecular formula is C19H22BrN3O. The molecule has 126 valence electrons. The van der Waals surface area contributed by atoms with E-state index in [2.05, 4.69) is 44.6 Å². The molecule has 1 fully saturated rings. The number of benzene rings is 2. The fourth-order valence-corrected chi connectivity index (χ4v) is 3.52. The number of nitrogens with zero attached hydrogens (tertiary/aromatic N) is 1. The molecule has 3 rings (SSSR count). The number of amides is 1. The third-order valence-corrected chi connectivity index (χ3v) is 5.18. The molecule has 1 aliphatic rings. The van der Waals surface area contributed by atoms with Gasteiger partial charge in [-0.3, -0.25) is 4.79 Å². The van der Waals surface area contributed by atoms with Crippen LogP contribution in [-0.4, -0.2) is 32.1 Å². The first-order valence-electron chi connectivity index (χ1n) is 8.24. The smallest absolute Gasteiger partial charge is 0.256 e. The molecule has 1 heterocycles. The first-order valence-corrected chi connectivity index (χ1v) is 9.04. The van der Waals surface area contributed by atoms with Crippen LogP contribution in [-0.2, 0) is 0 Å². The molecule has 0 spiro atoms. The second kappa shape index (κ2) is 7.81. The van der Waals surface area contributed by atoms with Crippen molar-refractivity contribution in [3.63, 3.8) is 0 Å². The number of anilines is 2. The van der Waals surface area contributed by atoms with E-state index >= 15 is 0 Å². The molecule has 0 aromatic heterocycles. The molecule has 0 bridgehead atoms. The first kappa shape index (κ1) is 17.0. The van der Waals surface area contributed by atoms with E-state index in [4.69, 9.17) is 0 Å². The van der Waals surface area contributed by atoms with Crippen molar-refractivity contribution in [2.75, 3.05) is 30.4 Å². The molecule has 24 heavy (non-hydrogen) atoms. The molecule has 0 saturated carbocycles. The highest BCUT2D eigenvalue weighted by Crippen LogP contribution is 2.24. The number of hydrogen-bond acceptors (Lipinski definition) is 3. The first-order chi connectivity index (χ1) is 11.6. The molecule has 0 unspecified atom stereocenters. The minimum Gasteiger partial charge on any atom is -0.371 e. The monoisotopic (exact) mass is 387 g/mol. The van der Waals surface area contributed by atoms with Crippen molar-refractivity contribution in [3.8, 4) is 0 Å². The second-order valence-electron chi connectivity index (χ2n) is 6.08. The Morgan fingerprint density at radius 1 is 1.17 bits per heavy atom. The zero-order valence-electron chi connectivity index (χ0n) is 13.8. The molecule has 0 radical (unpaired) electrons. The fraction of sp³-hybridized carbons (Fsp3) is 0.316. The van der Waals surface area contributed by atoms with Crippen LogP contribution < -0.4 is 15.5 Å². The second-order valence-corrected chi connectivity index (χ2v) is 6.93. The van der Waals surface area contributed by atoms with Gasteiger partial charge in [-0.15, -0.1) is 0 Å². The van der Waals surface area contributed by atoms with E-state index in [-0.39, 0.29) is 5.91 Å². The van der Waals surface area contributed by atoms with Crippen LogP contribution in [0.25, 0.3) is 0 Å². The number of carbonyl (C=O) groups excluding carboxylic acids is 1. The molecule has 0 atom stereocenters. The van der Waals surface area contributed by atoms with Gasteiger partial charge in [0, 0.05) is 28.9 Å². The lowest BCUT2D eigenvalue weighted by Gasteiger charge is -2.33. The summed E-state index contributed by atoms with van der Waals surface area (Å²) in [7, 11) is 2.13. The Morgan fingerprint density at radius 2 is 1.92 bits per heavy atom. The highest BCUT2D eigenvalue weighted by molar-refractivity contribution is 9.10. The van der Waals surface area contributed by atoms with Gasteiger partial charge in [0.1, 0.15) is 0 Å². The van der Waals surface area contributed by atoms with Crippen LogP contribution >= 0.6 is 15.9 Å². The Kier molecular flexibility index (Phi) is 5.53. The summed E-state index contributed by atoms with van der Waals surface area (Å²) in [5.74, 6) is -0.107. The number of carbonyl (C=O) groups is 1.